The molecule has 1 nitrogen and oxygen atoms in total. The van der Waals surface area contributed by atoms with Crippen LogP contribution < -0.4 is 0 Å². The quantitative estimate of drug-likeness (QED) is 0.462. The van der Waals surface area contributed by atoms with Crippen LogP contribution in [0.15, 0.2) is 0 Å². The number of hydrogen-bond acceptors (Lipinski definition) is 1. The summed E-state index contributed by atoms with van der Waals surface area (Å²) in [6.07, 6.45) is -1.52. The molecule has 0 aliphatic rings. The van der Waals surface area contributed by atoms with Gasteiger partial charge in [-0.05, 0) is 18.5 Å². The number of halogens is 2. The molecule has 0 bridgehead atoms. The van der Waals surface area contributed by atoms with Crippen molar-refractivity contribution in [1.29, 1.82) is 0 Å². The highest BCUT2D eigenvalue weighted by atomic mass is 35.5. The second kappa shape index (κ2) is 2.13. The number of rotatable bonds is 1. The summed E-state index contributed by atoms with van der Waals surface area (Å²) in [5.74, 6) is 0. The summed E-state index contributed by atoms with van der Waals surface area (Å²) >= 11 is 4.60. The van der Waals surface area contributed by atoms with Crippen LogP contribution in [0.3, 0.4) is 0 Å². The van der Waals surface area contributed by atoms with E-state index in [1.54, 1.807) is 0 Å². The van der Waals surface area contributed by atoms with Crippen LogP contribution in [0, 0.1) is 0 Å². The van der Waals surface area contributed by atoms with E-state index < -0.39 is 11.4 Å². The molecule has 36 valence electrons. The number of hydrogen-bond donors (Lipinski definition) is 0. The molecule has 3 heteroatoms. The molecule has 0 heterocycles. The lowest BCUT2D eigenvalue weighted by molar-refractivity contribution is -0.115. The Hall–Kier alpha value is -0.110. The van der Waals surface area contributed by atoms with E-state index in [4.69, 9.17) is 0 Å². The molecule has 0 radical (unpaired) electrons. The first kappa shape index (κ1) is 5.89. The molecular formula is C3H4ClFO. The van der Waals surface area contributed by atoms with Crippen molar-refractivity contribution in [3.63, 3.8) is 0 Å². The Morgan fingerprint density at radius 2 is 2.17 bits per heavy atom. The molecule has 0 aliphatic heterocycles. The van der Waals surface area contributed by atoms with Gasteiger partial charge in [-0.15, -0.1) is 0 Å². The molecule has 0 aromatic carbocycles. The second-order valence-corrected chi connectivity index (χ2v) is 1.29. The van der Waals surface area contributed by atoms with Crippen LogP contribution >= 0.6 is 11.6 Å². The van der Waals surface area contributed by atoms with Crippen LogP contribution in [0.1, 0.15) is 6.92 Å². The van der Waals surface area contributed by atoms with Gasteiger partial charge < -0.3 is 0 Å². The molecule has 0 unspecified atom stereocenters. The van der Waals surface area contributed by atoms with Crippen LogP contribution in [0.25, 0.3) is 0 Å². The lowest BCUT2D eigenvalue weighted by Crippen LogP contribution is -2.00. The average molecular weight is 111 g/mol. The van der Waals surface area contributed by atoms with Gasteiger partial charge in [0.2, 0.25) is 0 Å². The highest BCUT2D eigenvalue weighted by Gasteiger charge is 2.03. The minimum absolute atomic E-state index is 0.935. The van der Waals surface area contributed by atoms with E-state index in [-0.39, 0.29) is 0 Å². The molecular weight excluding hydrogens is 106 g/mol. The highest BCUT2D eigenvalue weighted by molar-refractivity contribution is 6.64. The van der Waals surface area contributed by atoms with Crippen molar-refractivity contribution in [2.75, 3.05) is 0 Å². The van der Waals surface area contributed by atoms with Gasteiger partial charge in [-0.2, -0.15) is 0 Å². The van der Waals surface area contributed by atoms with Gasteiger partial charge in [0, 0.05) is 0 Å². The molecule has 6 heavy (non-hydrogen) atoms. The first-order chi connectivity index (χ1) is 2.64. The van der Waals surface area contributed by atoms with Gasteiger partial charge in [0.15, 0.2) is 6.17 Å². The maximum Gasteiger partial charge on any atom is 0.255 e. The van der Waals surface area contributed by atoms with E-state index in [0.717, 1.165) is 6.92 Å². The fourth-order valence-electron chi connectivity index (χ4n) is 0. The molecule has 0 rings (SSSR count). The molecule has 0 saturated carbocycles. The molecule has 1 atom stereocenters. The first-order valence-electron chi connectivity index (χ1n) is 1.48. The van der Waals surface area contributed by atoms with E-state index >= 15 is 0 Å². The van der Waals surface area contributed by atoms with Crippen molar-refractivity contribution in [2.24, 2.45) is 0 Å². The molecule has 0 aromatic rings. The van der Waals surface area contributed by atoms with Crippen molar-refractivity contribution in [3.8, 4) is 0 Å². The standard InChI is InChI=1S/C3H4ClFO/c1-2(5)3(4)6/h2H,1H3/t2-/m1/s1. The summed E-state index contributed by atoms with van der Waals surface area (Å²) in [4.78, 5) is 9.53. The van der Waals surface area contributed by atoms with Gasteiger partial charge in [0.25, 0.3) is 5.24 Å². The third kappa shape index (κ3) is 2.15. The van der Waals surface area contributed by atoms with E-state index in [0.29, 0.717) is 0 Å². The van der Waals surface area contributed by atoms with Gasteiger partial charge in [-0.1, -0.05) is 0 Å². The first-order valence-corrected chi connectivity index (χ1v) is 1.86. The second-order valence-electron chi connectivity index (χ2n) is 0.920. The van der Waals surface area contributed by atoms with E-state index in [1.807, 2.05) is 0 Å². The fourth-order valence-corrected chi connectivity index (χ4v) is 0. The maximum absolute atomic E-state index is 11.3. The smallest absolute Gasteiger partial charge is 0.255 e. The summed E-state index contributed by atoms with van der Waals surface area (Å²) in [7, 11) is 0. The summed E-state index contributed by atoms with van der Waals surface area (Å²) in [5, 5.41) is -0.935. The number of alkyl halides is 1. The topological polar surface area (TPSA) is 17.1 Å². The van der Waals surface area contributed by atoms with Crippen molar-refractivity contribution >= 4 is 16.8 Å². The minimum Gasteiger partial charge on any atom is -0.278 e. The maximum atomic E-state index is 11.3. The van der Waals surface area contributed by atoms with Gasteiger partial charge in [0.05, 0.1) is 0 Å². The van der Waals surface area contributed by atoms with Gasteiger partial charge in [0.1, 0.15) is 0 Å². The Kier molecular flexibility index (Phi) is 2.09. The van der Waals surface area contributed by atoms with Crippen LogP contribution in [0.2, 0.25) is 0 Å². The zero-order chi connectivity index (χ0) is 5.15. The van der Waals surface area contributed by atoms with Crippen molar-refractivity contribution in [1.82, 2.24) is 0 Å². The molecule has 0 N–H and O–H groups in total. The SMILES string of the molecule is C[C@@H](F)C(=O)Cl. The Morgan fingerprint density at radius 3 is 2.17 bits per heavy atom. The molecule has 0 fully saturated rings. The van der Waals surface area contributed by atoms with E-state index in [1.165, 1.54) is 0 Å². The molecule has 0 aliphatic carbocycles. The summed E-state index contributed by atoms with van der Waals surface area (Å²) < 4.78 is 11.3. The minimum atomic E-state index is -1.52. The van der Waals surface area contributed by atoms with Crippen molar-refractivity contribution in [3.05, 3.63) is 0 Å². The zero-order valence-corrected chi connectivity index (χ0v) is 4.00. The van der Waals surface area contributed by atoms with Crippen LogP contribution in [0.4, 0.5) is 4.39 Å². The van der Waals surface area contributed by atoms with Gasteiger partial charge >= 0.3 is 0 Å². The lowest BCUT2D eigenvalue weighted by atomic mass is 10.5. The third-order valence-corrected chi connectivity index (χ3v) is 0.613. The van der Waals surface area contributed by atoms with Crippen LogP contribution in [-0.4, -0.2) is 11.4 Å². The molecule has 0 aromatic heterocycles. The third-order valence-electron chi connectivity index (χ3n) is 0.313. The number of carbonyl (C=O) groups is 1. The van der Waals surface area contributed by atoms with Crippen molar-refractivity contribution in [2.45, 2.75) is 13.1 Å². The predicted molar refractivity (Wildman–Crippen MR) is 21.4 cm³/mol. The van der Waals surface area contributed by atoms with Gasteiger partial charge in [-0.25, -0.2) is 4.39 Å². The Morgan fingerprint density at radius 1 is 2.00 bits per heavy atom. The average Bonchev–Trinajstić information content (AvgIpc) is 1.36. The molecule has 0 amide bonds. The lowest BCUT2D eigenvalue weighted by Gasteiger charge is -1.83. The summed E-state index contributed by atoms with van der Waals surface area (Å²) in [6, 6.07) is 0. The van der Waals surface area contributed by atoms with E-state index in [2.05, 4.69) is 11.6 Å². The normalized spacial score (nSPS) is 13.8. The van der Waals surface area contributed by atoms with Crippen LogP contribution in [-0.2, 0) is 4.79 Å². The summed E-state index contributed by atoms with van der Waals surface area (Å²) in [5.41, 5.74) is 0. The Balaban J connectivity index is 3.26. The van der Waals surface area contributed by atoms with Crippen LogP contribution in [0.5, 0.6) is 0 Å². The predicted octanol–water partition coefficient (Wildman–Crippen LogP) is 1.11. The fraction of sp³-hybridized carbons (Fsp3) is 0.667. The van der Waals surface area contributed by atoms with Gasteiger partial charge in [-0.3, -0.25) is 4.79 Å². The largest absolute Gasteiger partial charge is 0.278 e. The number of carbonyl (C=O) groups excluding carboxylic acids is 1. The van der Waals surface area contributed by atoms with Crippen molar-refractivity contribution < 1.29 is 9.18 Å². The Bertz CT molecular complexity index is 61.8. The molecule has 0 saturated heterocycles. The highest BCUT2D eigenvalue weighted by Crippen LogP contribution is 1.92. The monoisotopic (exact) mass is 110 g/mol. The molecule has 0 spiro atoms. The Labute approximate surface area is 40.1 Å². The zero-order valence-electron chi connectivity index (χ0n) is 3.24. The summed E-state index contributed by atoms with van der Waals surface area (Å²) in [6.45, 7) is 1.09. The van der Waals surface area contributed by atoms with E-state index in [9.17, 15) is 9.18 Å².